The molecule has 1 atom stereocenters. The number of methoxy groups -OCH3 is 1. The Morgan fingerprint density at radius 3 is 2.43 bits per heavy atom. The van der Waals surface area contributed by atoms with Crippen LogP contribution < -0.4 is 10.1 Å². The van der Waals surface area contributed by atoms with Crippen LogP contribution in [0, 0.1) is 22.7 Å². The molecule has 0 aromatic heterocycles. The first kappa shape index (κ1) is 14.9. The number of rotatable bonds is 4. The summed E-state index contributed by atoms with van der Waals surface area (Å²) in [6.07, 6.45) is 0. The van der Waals surface area contributed by atoms with Gasteiger partial charge < -0.3 is 10.1 Å². The number of nitrogens with zero attached hydrogens (tertiary/aromatic N) is 2. The minimum atomic E-state index is -0.538. The molecular formula is C16H12BrN3O. The van der Waals surface area contributed by atoms with Gasteiger partial charge >= 0.3 is 0 Å². The number of benzene rings is 2. The Balaban J connectivity index is 2.28. The zero-order valence-electron chi connectivity index (χ0n) is 11.3. The van der Waals surface area contributed by atoms with Crippen molar-refractivity contribution in [2.24, 2.45) is 0 Å². The van der Waals surface area contributed by atoms with Gasteiger partial charge in [0.1, 0.15) is 17.9 Å². The second-order valence-corrected chi connectivity index (χ2v) is 5.20. The summed E-state index contributed by atoms with van der Waals surface area (Å²) < 4.78 is 6.08. The lowest BCUT2D eigenvalue weighted by Gasteiger charge is -2.14. The fraction of sp³-hybridized carbons (Fsp3) is 0.125. The first-order valence-electron chi connectivity index (χ1n) is 6.17. The predicted molar refractivity (Wildman–Crippen MR) is 83.8 cm³/mol. The molecule has 1 N–H and O–H groups in total. The molecule has 0 aliphatic rings. The van der Waals surface area contributed by atoms with E-state index in [1.54, 1.807) is 18.2 Å². The van der Waals surface area contributed by atoms with Crippen molar-refractivity contribution in [1.29, 1.82) is 10.5 Å². The summed E-state index contributed by atoms with van der Waals surface area (Å²) in [6, 6.07) is 16.4. The molecule has 0 radical (unpaired) electrons. The standard InChI is InChI=1S/C16H12BrN3O/c1-21-16-7-2-11(8-12(16)9-18)15(10-19)20-14-5-3-13(17)4-6-14/h2-8,15,20H,1H3. The van der Waals surface area contributed by atoms with Crippen LogP contribution in [0.1, 0.15) is 17.2 Å². The Bertz CT molecular complexity index is 714. The van der Waals surface area contributed by atoms with Gasteiger partial charge in [-0.25, -0.2) is 0 Å². The van der Waals surface area contributed by atoms with Crippen molar-refractivity contribution in [1.82, 2.24) is 0 Å². The number of hydrogen-bond acceptors (Lipinski definition) is 4. The molecular weight excluding hydrogens is 330 g/mol. The second kappa shape index (κ2) is 6.78. The molecule has 2 aromatic carbocycles. The number of hydrogen-bond donors (Lipinski definition) is 1. The SMILES string of the molecule is COc1ccc(C(C#N)Nc2ccc(Br)cc2)cc1C#N. The van der Waals surface area contributed by atoms with Crippen molar-refractivity contribution in [3.63, 3.8) is 0 Å². The summed E-state index contributed by atoms with van der Waals surface area (Å²) in [7, 11) is 1.51. The predicted octanol–water partition coefficient (Wildman–Crippen LogP) is 4.01. The maximum atomic E-state index is 9.35. The van der Waals surface area contributed by atoms with Gasteiger partial charge in [-0.15, -0.1) is 0 Å². The maximum Gasteiger partial charge on any atom is 0.140 e. The fourth-order valence-corrected chi connectivity index (χ4v) is 2.16. The van der Waals surface area contributed by atoms with Crippen molar-refractivity contribution in [2.45, 2.75) is 6.04 Å². The second-order valence-electron chi connectivity index (χ2n) is 4.28. The Labute approximate surface area is 131 Å². The molecule has 2 rings (SSSR count). The van der Waals surface area contributed by atoms with E-state index < -0.39 is 6.04 Å². The van der Waals surface area contributed by atoms with Gasteiger partial charge in [-0.2, -0.15) is 10.5 Å². The molecule has 1 unspecified atom stereocenters. The van der Waals surface area contributed by atoms with E-state index in [2.05, 4.69) is 33.4 Å². The van der Waals surface area contributed by atoms with Crippen LogP contribution in [0.5, 0.6) is 5.75 Å². The molecule has 0 heterocycles. The molecule has 0 bridgehead atoms. The molecule has 5 heteroatoms. The van der Waals surface area contributed by atoms with E-state index in [1.807, 2.05) is 24.3 Å². The van der Waals surface area contributed by atoms with Crippen molar-refractivity contribution in [3.8, 4) is 17.9 Å². The topological polar surface area (TPSA) is 68.8 Å². The van der Waals surface area contributed by atoms with Crippen LogP contribution in [0.15, 0.2) is 46.9 Å². The van der Waals surface area contributed by atoms with Crippen LogP contribution in [0.2, 0.25) is 0 Å². The molecule has 0 fully saturated rings. The van der Waals surface area contributed by atoms with Crippen LogP contribution in [-0.4, -0.2) is 7.11 Å². The van der Waals surface area contributed by atoms with Gasteiger partial charge in [0.15, 0.2) is 0 Å². The summed E-state index contributed by atoms with van der Waals surface area (Å²) >= 11 is 3.37. The van der Waals surface area contributed by atoms with E-state index in [9.17, 15) is 5.26 Å². The van der Waals surface area contributed by atoms with Gasteiger partial charge in [0, 0.05) is 10.2 Å². The molecule has 0 aliphatic heterocycles. The summed E-state index contributed by atoms with van der Waals surface area (Å²) in [6.45, 7) is 0. The van der Waals surface area contributed by atoms with Gasteiger partial charge in [-0.1, -0.05) is 22.0 Å². The van der Waals surface area contributed by atoms with E-state index >= 15 is 0 Å². The van der Waals surface area contributed by atoms with Crippen molar-refractivity contribution < 1.29 is 4.74 Å². The highest BCUT2D eigenvalue weighted by molar-refractivity contribution is 9.10. The number of anilines is 1. The quantitative estimate of drug-likeness (QED) is 0.912. The van der Waals surface area contributed by atoms with Crippen LogP contribution in [0.4, 0.5) is 5.69 Å². The van der Waals surface area contributed by atoms with Crippen molar-refractivity contribution in [2.75, 3.05) is 12.4 Å². The zero-order chi connectivity index (χ0) is 15.2. The molecule has 0 amide bonds. The number of ether oxygens (including phenoxy) is 1. The van der Waals surface area contributed by atoms with E-state index in [1.165, 1.54) is 7.11 Å². The number of halogens is 1. The lowest BCUT2D eigenvalue weighted by atomic mass is 10.0. The highest BCUT2D eigenvalue weighted by Gasteiger charge is 2.13. The minimum Gasteiger partial charge on any atom is -0.495 e. The van der Waals surface area contributed by atoms with Gasteiger partial charge in [0.2, 0.25) is 0 Å². The molecule has 104 valence electrons. The molecule has 21 heavy (non-hydrogen) atoms. The fourth-order valence-electron chi connectivity index (χ4n) is 1.90. The lowest BCUT2D eigenvalue weighted by molar-refractivity contribution is 0.413. The van der Waals surface area contributed by atoms with Crippen LogP contribution in [0.25, 0.3) is 0 Å². The lowest BCUT2D eigenvalue weighted by Crippen LogP contribution is -2.08. The largest absolute Gasteiger partial charge is 0.495 e. The first-order valence-corrected chi connectivity index (χ1v) is 6.97. The summed E-state index contributed by atoms with van der Waals surface area (Å²) in [5.74, 6) is 0.501. The van der Waals surface area contributed by atoms with Crippen LogP contribution in [0.3, 0.4) is 0 Å². The van der Waals surface area contributed by atoms with Crippen LogP contribution in [-0.2, 0) is 0 Å². The zero-order valence-corrected chi connectivity index (χ0v) is 12.9. The molecule has 0 saturated carbocycles. The van der Waals surface area contributed by atoms with E-state index in [4.69, 9.17) is 10.00 Å². The van der Waals surface area contributed by atoms with Gasteiger partial charge in [-0.3, -0.25) is 0 Å². The normalized spacial score (nSPS) is 11.0. The van der Waals surface area contributed by atoms with E-state index in [0.717, 1.165) is 15.7 Å². The molecule has 0 spiro atoms. The Morgan fingerprint density at radius 1 is 1.14 bits per heavy atom. The minimum absolute atomic E-state index is 0.410. The number of nitrogens with one attached hydrogen (secondary N) is 1. The number of nitriles is 2. The van der Waals surface area contributed by atoms with Gasteiger partial charge in [0.05, 0.1) is 18.7 Å². The smallest absolute Gasteiger partial charge is 0.140 e. The molecule has 4 nitrogen and oxygen atoms in total. The van der Waals surface area contributed by atoms with Crippen molar-refractivity contribution >= 4 is 21.6 Å². The van der Waals surface area contributed by atoms with E-state index in [0.29, 0.717) is 11.3 Å². The Hall–Kier alpha value is -2.50. The first-order chi connectivity index (χ1) is 10.2. The summed E-state index contributed by atoms with van der Waals surface area (Å²) in [5.41, 5.74) is 1.96. The van der Waals surface area contributed by atoms with Gasteiger partial charge in [-0.05, 0) is 42.0 Å². The van der Waals surface area contributed by atoms with Crippen LogP contribution >= 0.6 is 15.9 Å². The highest BCUT2D eigenvalue weighted by Crippen LogP contribution is 2.25. The average Bonchev–Trinajstić information content (AvgIpc) is 2.53. The average molecular weight is 342 g/mol. The Kier molecular flexibility index (Phi) is 4.81. The molecule has 0 saturated heterocycles. The molecule has 2 aromatic rings. The Morgan fingerprint density at radius 2 is 1.86 bits per heavy atom. The van der Waals surface area contributed by atoms with Crippen molar-refractivity contribution in [3.05, 3.63) is 58.1 Å². The monoisotopic (exact) mass is 341 g/mol. The third-order valence-electron chi connectivity index (χ3n) is 2.96. The van der Waals surface area contributed by atoms with E-state index in [-0.39, 0.29) is 0 Å². The third-order valence-corrected chi connectivity index (χ3v) is 3.49. The maximum absolute atomic E-state index is 9.35. The highest BCUT2D eigenvalue weighted by atomic mass is 79.9. The molecule has 0 aliphatic carbocycles. The van der Waals surface area contributed by atoms with Gasteiger partial charge in [0.25, 0.3) is 0 Å². The summed E-state index contributed by atoms with van der Waals surface area (Å²) in [4.78, 5) is 0. The summed E-state index contributed by atoms with van der Waals surface area (Å²) in [5, 5.41) is 21.6. The third kappa shape index (κ3) is 3.53.